The van der Waals surface area contributed by atoms with Crippen LogP contribution in [0.5, 0.6) is 0 Å². The first-order chi connectivity index (χ1) is 11.4. The SMILES string of the molecule is CC(C)(C)OC(=O)N1CCC(NCCc2c[nH]c3ccccc23)C1. The number of nitrogens with one attached hydrogen (secondary N) is 2. The normalized spacial score (nSPS) is 18.3. The summed E-state index contributed by atoms with van der Waals surface area (Å²) in [7, 11) is 0. The summed E-state index contributed by atoms with van der Waals surface area (Å²) < 4.78 is 5.44. The van der Waals surface area contributed by atoms with E-state index >= 15 is 0 Å². The number of hydrogen-bond acceptors (Lipinski definition) is 3. The molecule has 1 amide bonds. The van der Waals surface area contributed by atoms with Gasteiger partial charge in [-0.15, -0.1) is 0 Å². The van der Waals surface area contributed by atoms with Gasteiger partial charge in [0, 0.05) is 36.2 Å². The van der Waals surface area contributed by atoms with Crippen molar-refractivity contribution >= 4 is 17.0 Å². The lowest BCUT2D eigenvalue weighted by molar-refractivity contribution is 0.0291. The third-order valence-corrected chi connectivity index (χ3v) is 4.34. The molecule has 0 spiro atoms. The maximum atomic E-state index is 12.1. The van der Waals surface area contributed by atoms with Crippen LogP contribution in [0.3, 0.4) is 0 Å². The quantitative estimate of drug-likeness (QED) is 0.905. The van der Waals surface area contributed by atoms with Crippen LogP contribution in [0.2, 0.25) is 0 Å². The van der Waals surface area contributed by atoms with Crippen LogP contribution in [0, 0.1) is 0 Å². The van der Waals surface area contributed by atoms with Gasteiger partial charge in [-0.3, -0.25) is 0 Å². The van der Waals surface area contributed by atoms with Gasteiger partial charge in [-0.2, -0.15) is 0 Å². The van der Waals surface area contributed by atoms with Gasteiger partial charge in [-0.05, 0) is 51.8 Å². The number of nitrogens with zero attached hydrogens (tertiary/aromatic N) is 1. The second kappa shape index (κ2) is 6.85. The Morgan fingerprint density at radius 1 is 1.38 bits per heavy atom. The maximum absolute atomic E-state index is 12.1. The lowest BCUT2D eigenvalue weighted by Crippen LogP contribution is -2.38. The van der Waals surface area contributed by atoms with Crippen LogP contribution in [0.4, 0.5) is 4.79 Å². The number of likely N-dealkylation sites (tertiary alicyclic amines) is 1. The van der Waals surface area contributed by atoms with Crippen molar-refractivity contribution < 1.29 is 9.53 Å². The summed E-state index contributed by atoms with van der Waals surface area (Å²) in [6.45, 7) is 8.10. The van der Waals surface area contributed by atoms with E-state index in [-0.39, 0.29) is 6.09 Å². The van der Waals surface area contributed by atoms with E-state index in [1.165, 1.54) is 16.5 Å². The number of rotatable bonds is 4. The van der Waals surface area contributed by atoms with E-state index in [0.717, 1.165) is 32.5 Å². The number of amides is 1. The van der Waals surface area contributed by atoms with Crippen molar-refractivity contribution in [3.8, 4) is 0 Å². The minimum Gasteiger partial charge on any atom is -0.444 e. The van der Waals surface area contributed by atoms with Crippen molar-refractivity contribution in [3.63, 3.8) is 0 Å². The average Bonchev–Trinajstić information content (AvgIpc) is 3.13. The summed E-state index contributed by atoms with van der Waals surface area (Å²) in [4.78, 5) is 17.2. The largest absolute Gasteiger partial charge is 0.444 e. The minimum absolute atomic E-state index is 0.205. The average molecular weight is 329 g/mol. The minimum atomic E-state index is -0.433. The van der Waals surface area contributed by atoms with E-state index in [9.17, 15) is 4.79 Å². The summed E-state index contributed by atoms with van der Waals surface area (Å²) in [6.07, 6.45) is 3.84. The van der Waals surface area contributed by atoms with Gasteiger partial charge in [0.15, 0.2) is 0 Å². The lowest BCUT2D eigenvalue weighted by Gasteiger charge is -2.24. The molecule has 1 aliphatic rings. The van der Waals surface area contributed by atoms with E-state index < -0.39 is 5.60 Å². The summed E-state index contributed by atoms with van der Waals surface area (Å²) in [5.41, 5.74) is 2.09. The number of para-hydroxylation sites is 1. The maximum Gasteiger partial charge on any atom is 0.410 e. The van der Waals surface area contributed by atoms with E-state index in [1.54, 1.807) is 4.90 Å². The van der Waals surface area contributed by atoms with Crippen LogP contribution in [0.15, 0.2) is 30.5 Å². The van der Waals surface area contributed by atoms with Crippen LogP contribution in [-0.2, 0) is 11.2 Å². The van der Waals surface area contributed by atoms with E-state index in [1.807, 2.05) is 26.8 Å². The molecule has 0 aliphatic carbocycles. The Morgan fingerprint density at radius 2 is 2.17 bits per heavy atom. The van der Waals surface area contributed by atoms with Gasteiger partial charge in [-0.1, -0.05) is 18.2 Å². The molecule has 0 saturated carbocycles. The van der Waals surface area contributed by atoms with Gasteiger partial charge in [0.05, 0.1) is 0 Å². The topological polar surface area (TPSA) is 57.4 Å². The molecule has 2 heterocycles. The number of benzene rings is 1. The Balaban J connectivity index is 1.46. The zero-order valence-electron chi connectivity index (χ0n) is 14.8. The highest BCUT2D eigenvalue weighted by Gasteiger charge is 2.29. The zero-order valence-corrected chi connectivity index (χ0v) is 14.8. The molecule has 1 aromatic heterocycles. The van der Waals surface area contributed by atoms with Crippen LogP contribution in [-0.4, -0.2) is 47.3 Å². The Hall–Kier alpha value is -2.01. The second-order valence-corrected chi connectivity index (χ2v) is 7.48. The fourth-order valence-corrected chi connectivity index (χ4v) is 3.17. The molecule has 5 nitrogen and oxygen atoms in total. The van der Waals surface area contributed by atoms with Crippen LogP contribution >= 0.6 is 0 Å². The monoisotopic (exact) mass is 329 g/mol. The summed E-state index contributed by atoms with van der Waals surface area (Å²) >= 11 is 0. The van der Waals surface area contributed by atoms with Crippen molar-refractivity contribution in [2.24, 2.45) is 0 Å². The first-order valence-electron chi connectivity index (χ1n) is 8.69. The molecular formula is C19H27N3O2. The number of carbonyl (C=O) groups excluding carboxylic acids is 1. The first-order valence-corrected chi connectivity index (χ1v) is 8.69. The molecule has 0 bridgehead atoms. The van der Waals surface area contributed by atoms with Gasteiger partial charge in [-0.25, -0.2) is 4.79 Å². The van der Waals surface area contributed by atoms with E-state index in [4.69, 9.17) is 4.74 Å². The molecule has 1 atom stereocenters. The Labute approximate surface area is 143 Å². The summed E-state index contributed by atoms with van der Waals surface area (Å²) in [5.74, 6) is 0. The number of H-pyrrole nitrogens is 1. The molecule has 130 valence electrons. The highest BCUT2D eigenvalue weighted by molar-refractivity contribution is 5.83. The Morgan fingerprint density at radius 3 is 2.96 bits per heavy atom. The number of aromatic amines is 1. The summed E-state index contributed by atoms with van der Waals surface area (Å²) in [6, 6.07) is 8.72. The van der Waals surface area contributed by atoms with E-state index in [0.29, 0.717) is 6.04 Å². The fraction of sp³-hybridized carbons (Fsp3) is 0.526. The standard InChI is InChI=1S/C19H27N3O2/c1-19(2,3)24-18(23)22-11-9-15(13-22)20-10-8-14-12-21-17-7-5-4-6-16(14)17/h4-7,12,15,20-21H,8-11,13H2,1-3H3. The van der Waals surface area contributed by atoms with Gasteiger partial charge in [0.1, 0.15) is 5.60 Å². The smallest absolute Gasteiger partial charge is 0.410 e. The Bertz CT molecular complexity index is 702. The second-order valence-electron chi connectivity index (χ2n) is 7.48. The molecule has 24 heavy (non-hydrogen) atoms. The molecule has 1 saturated heterocycles. The van der Waals surface area contributed by atoms with Crippen molar-refractivity contribution in [1.82, 2.24) is 15.2 Å². The van der Waals surface area contributed by atoms with Gasteiger partial charge < -0.3 is 19.9 Å². The number of carbonyl (C=O) groups is 1. The van der Waals surface area contributed by atoms with Crippen molar-refractivity contribution in [2.45, 2.75) is 45.3 Å². The van der Waals surface area contributed by atoms with Gasteiger partial charge in [0.25, 0.3) is 0 Å². The zero-order chi connectivity index (χ0) is 17.2. The molecule has 3 rings (SSSR count). The van der Waals surface area contributed by atoms with Crippen LogP contribution < -0.4 is 5.32 Å². The molecular weight excluding hydrogens is 302 g/mol. The predicted molar refractivity (Wildman–Crippen MR) is 96.2 cm³/mol. The molecule has 1 aliphatic heterocycles. The van der Waals surface area contributed by atoms with Gasteiger partial charge >= 0.3 is 6.09 Å². The third-order valence-electron chi connectivity index (χ3n) is 4.34. The first kappa shape index (κ1) is 16.8. The molecule has 1 unspecified atom stereocenters. The Kier molecular flexibility index (Phi) is 4.81. The third kappa shape index (κ3) is 4.09. The molecule has 2 N–H and O–H groups in total. The highest BCUT2D eigenvalue weighted by Crippen LogP contribution is 2.18. The number of fused-ring (bicyclic) bond motifs is 1. The number of aromatic nitrogens is 1. The van der Waals surface area contributed by atoms with Crippen molar-refractivity contribution in [1.29, 1.82) is 0 Å². The highest BCUT2D eigenvalue weighted by atomic mass is 16.6. The van der Waals surface area contributed by atoms with Crippen LogP contribution in [0.25, 0.3) is 10.9 Å². The molecule has 1 aromatic carbocycles. The molecule has 0 radical (unpaired) electrons. The molecule has 2 aromatic rings. The molecule has 5 heteroatoms. The summed E-state index contributed by atoms with van der Waals surface area (Å²) in [5, 5.41) is 4.86. The predicted octanol–water partition coefficient (Wildman–Crippen LogP) is 3.31. The van der Waals surface area contributed by atoms with E-state index in [2.05, 4.69) is 34.7 Å². The fourth-order valence-electron chi connectivity index (χ4n) is 3.17. The van der Waals surface area contributed by atoms with Crippen molar-refractivity contribution in [3.05, 3.63) is 36.0 Å². The molecule has 1 fully saturated rings. The number of hydrogen-bond donors (Lipinski definition) is 2. The number of ether oxygens (including phenoxy) is 1. The lowest BCUT2D eigenvalue weighted by atomic mass is 10.1. The van der Waals surface area contributed by atoms with Gasteiger partial charge in [0.2, 0.25) is 0 Å². The van der Waals surface area contributed by atoms with Crippen molar-refractivity contribution in [2.75, 3.05) is 19.6 Å². The van der Waals surface area contributed by atoms with Crippen LogP contribution in [0.1, 0.15) is 32.8 Å².